The van der Waals surface area contributed by atoms with E-state index in [0.29, 0.717) is 25.7 Å². The summed E-state index contributed by atoms with van der Waals surface area (Å²) in [6.45, 7) is 9.51. The van der Waals surface area contributed by atoms with E-state index in [1.54, 1.807) is 0 Å². The van der Waals surface area contributed by atoms with Crippen molar-refractivity contribution in [3.8, 4) is 0 Å². The number of hydrogen-bond acceptors (Lipinski definition) is 15. The topological polar surface area (TPSA) is 237 Å². The molecule has 0 heterocycles. The molecule has 7 atom stereocenters. The number of esters is 4. The minimum Gasteiger partial charge on any atom is -0.462 e. The maximum atomic E-state index is 13.0. The summed E-state index contributed by atoms with van der Waals surface area (Å²) in [4.78, 5) is 72.0. The van der Waals surface area contributed by atoms with Crippen LogP contribution >= 0.6 is 15.6 Å². The van der Waals surface area contributed by atoms with Crippen molar-refractivity contribution in [2.75, 3.05) is 39.6 Å². The summed E-state index contributed by atoms with van der Waals surface area (Å²) >= 11 is 0. The Balaban J connectivity index is 5.11. The molecule has 3 N–H and O–H groups in total. The fourth-order valence-corrected chi connectivity index (χ4v) is 11.9. The molecule has 17 nitrogen and oxygen atoms in total. The largest absolute Gasteiger partial charge is 0.472 e. The maximum Gasteiger partial charge on any atom is 0.472 e. The van der Waals surface area contributed by atoms with E-state index in [1.165, 1.54) is 148 Å². The van der Waals surface area contributed by atoms with Crippen LogP contribution in [-0.2, 0) is 65.4 Å². The smallest absolute Gasteiger partial charge is 0.462 e. The Labute approximate surface area is 537 Å². The third kappa shape index (κ3) is 60.3. The Morgan fingerprint density at radius 1 is 0.318 bits per heavy atom. The predicted octanol–water partition coefficient (Wildman–Crippen LogP) is 19.6. The summed E-state index contributed by atoms with van der Waals surface area (Å²) in [7, 11) is -9.88. The number of hydrogen-bond donors (Lipinski definition) is 3. The van der Waals surface area contributed by atoms with Crippen LogP contribution in [-0.4, -0.2) is 96.7 Å². The molecule has 0 radical (unpaired) electrons. The van der Waals surface area contributed by atoms with Crippen molar-refractivity contribution in [2.45, 2.75) is 368 Å². The minimum atomic E-state index is -4.95. The number of ether oxygens (including phenoxy) is 4. The molecule has 4 unspecified atom stereocenters. The van der Waals surface area contributed by atoms with Gasteiger partial charge in [0, 0.05) is 25.7 Å². The summed E-state index contributed by atoms with van der Waals surface area (Å²) in [5.41, 5.74) is 0. The average Bonchev–Trinajstić information content (AvgIpc) is 3.61. The van der Waals surface area contributed by atoms with Gasteiger partial charge >= 0.3 is 39.5 Å². The molecule has 0 aromatic heterocycles. The molecule has 0 aromatic rings. The van der Waals surface area contributed by atoms with E-state index in [2.05, 4.69) is 41.5 Å². The van der Waals surface area contributed by atoms with Gasteiger partial charge in [0.05, 0.1) is 26.4 Å². The van der Waals surface area contributed by atoms with Crippen molar-refractivity contribution in [1.29, 1.82) is 0 Å². The van der Waals surface area contributed by atoms with E-state index in [9.17, 15) is 43.2 Å². The Hall–Kier alpha value is -1.94. The molecule has 0 saturated heterocycles. The minimum absolute atomic E-state index is 0.103. The molecule has 0 amide bonds. The van der Waals surface area contributed by atoms with Gasteiger partial charge in [0.2, 0.25) is 0 Å². The zero-order valence-corrected chi connectivity index (χ0v) is 58.8. The van der Waals surface area contributed by atoms with E-state index < -0.39 is 97.5 Å². The van der Waals surface area contributed by atoms with Gasteiger partial charge in [0.25, 0.3) is 0 Å². The van der Waals surface area contributed by atoms with Crippen LogP contribution in [0.25, 0.3) is 0 Å². The first-order chi connectivity index (χ1) is 42.4. The first-order valence-electron chi connectivity index (χ1n) is 36.1. The molecule has 88 heavy (non-hydrogen) atoms. The molecule has 0 aromatic carbocycles. The van der Waals surface area contributed by atoms with Gasteiger partial charge in [-0.05, 0) is 37.5 Å². The fraction of sp³-hybridized carbons (Fsp3) is 0.942. The van der Waals surface area contributed by atoms with Crippen molar-refractivity contribution < 1.29 is 80.2 Å². The maximum absolute atomic E-state index is 13.0. The van der Waals surface area contributed by atoms with Crippen molar-refractivity contribution in [3.63, 3.8) is 0 Å². The van der Waals surface area contributed by atoms with E-state index in [1.807, 2.05) is 0 Å². The van der Waals surface area contributed by atoms with Gasteiger partial charge in [-0.1, -0.05) is 298 Å². The van der Waals surface area contributed by atoms with Crippen LogP contribution < -0.4 is 0 Å². The molecule has 0 aliphatic carbocycles. The Morgan fingerprint density at radius 2 is 0.545 bits per heavy atom. The molecule has 0 bridgehead atoms. The molecule has 0 spiro atoms. The van der Waals surface area contributed by atoms with E-state index in [4.69, 9.17) is 37.0 Å². The molecule has 0 rings (SSSR count). The number of unbranched alkanes of at least 4 members (excludes halogenated alkanes) is 36. The van der Waals surface area contributed by atoms with Crippen LogP contribution in [0.1, 0.15) is 350 Å². The summed E-state index contributed by atoms with van der Waals surface area (Å²) in [5.74, 6) is -0.446. The highest BCUT2D eigenvalue weighted by Crippen LogP contribution is 2.45. The van der Waals surface area contributed by atoms with Crippen molar-refractivity contribution >= 4 is 39.5 Å². The van der Waals surface area contributed by atoms with Gasteiger partial charge < -0.3 is 33.8 Å². The predicted molar refractivity (Wildman–Crippen MR) is 354 cm³/mol. The first-order valence-corrected chi connectivity index (χ1v) is 39.1. The number of aliphatic hydroxyl groups excluding tert-OH is 1. The Morgan fingerprint density at radius 3 is 0.807 bits per heavy atom. The first kappa shape index (κ1) is 86.1. The Bertz CT molecular complexity index is 1720. The summed E-state index contributed by atoms with van der Waals surface area (Å²) in [6, 6.07) is 0. The lowest BCUT2D eigenvalue weighted by molar-refractivity contribution is -0.161. The second-order valence-corrected chi connectivity index (χ2v) is 28.3. The third-order valence-electron chi connectivity index (χ3n) is 16.7. The molecule has 0 saturated carbocycles. The van der Waals surface area contributed by atoms with Crippen molar-refractivity contribution in [1.82, 2.24) is 0 Å². The number of carbonyl (C=O) groups excluding carboxylic acids is 4. The number of phosphoric ester groups is 2. The van der Waals surface area contributed by atoms with Gasteiger partial charge in [-0.25, -0.2) is 9.13 Å². The van der Waals surface area contributed by atoms with E-state index >= 15 is 0 Å². The van der Waals surface area contributed by atoms with Crippen molar-refractivity contribution in [2.24, 2.45) is 11.8 Å². The quantitative estimate of drug-likeness (QED) is 0.0222. The molecule has 0 fully saturated rings. The molecule has 0 aliphatic heterocycles. The summed E-state index contributed by atoms with van der Waals surface area (Å²) in [5, 5.41) is 10.5. The van der Waals surface area contributed by atoms with Crippen LogP contribution in [0.5, 0.6) is 0 Å². The van der Waals surface area contributed by atoms with E-state index in [-0.39, 0.29) is 25.7 Å². The monoisotopic (exact) mass is 1300 g/mol. The lowest BCUT2D eigenvalue weighted by atomic mass is 9.99. The normalized spacial score (nSPS) is 14.8. The highest BCUT2D eigenvalue weighted by atomic mass is 31.2. The second-order valence-electron chi connectivity index (χ2n) is 25.4. The number of rotatable bonds is 68. The average molecular weight is 1300 g/mol. The molecule has 19 heteroatoms. The lowest BCUT2D eigenvalue weighted by Gasteiger charge is -2.21. The van der Waals surface area contributed by atoms with Gasteiger partial charge in [-0.2, -0.15) is 0 Å². The van der Waals surface area contributed by atoms with Gasteiger partial charge in [-0.3, -0.25) is 37.3 Å². The number of aliphatic hydroxyl groups is 1. The highest BCUT2D eigenvalue weighted by Gasteiger charge is 2.30. The van der Waals surface area contributed by atoms with Crippen LogP contribution in [0.4, 0.5) is 0 Å². The van der Waals surface area contributed by atoms with Gasteiger partial charge in [0.1, 0.15) is 19.3 Å². The van der Waals surface area contributed by atoms with Gasteiger partial charge in [-0.15, -0.1) is 0 Å². The molecular weight excluding hydrogens is 1160 g/mol. The number of phosphoric acid groups is 2. The molecule has 0 aliphatic rings. The van der Waals surface area contributed by atoms with Crippen LogP contribution in [0.3, 0.4) is 0 Å². The van der Waals surface area contributed by atoms with Crippen LogP contribution in [0.15, 0.2) is 0 Å². The van der Waals surface area contributed by atoms with Crippen LogP contribution in [0.2, 0.25) is 0 Å². The third-order valence-corrected chi connectivity index (χ3v) is 18.6. The van der Waals surface area contributed by atoms with Gasteiger partial charge in [0.15, 0.2) is 12.2 Å². The zero-order chi connectivity index (χ0) is 65.0. The number of carbonyl (C=O) groups is 4. The highest BCUT2D eigenvalue weighted by molar-refractivity contribution is 7.47. The second kappa shape index (κ2) is 61.3. The molecule has 522 valence electrons. The lowest BCUT2D eigenvalue weighted by Crippen LogP contribution is -2.30. The Kier molecular flexibility index (Phi) is 59.9. The summed E-state index contributed by atoms with van der Waals surface area (Å²) in [6.07, 6.45) is 46.3. The van der Waals surface area contributed by atoms with Crippen LogP contribution in [0, 0.1) is 11.8 Å². The zero-order valence-electron chi connectivity index (χ0n) is 57.0. The van der Waals surface area contributed by atoms with E-state index in [0.717, 1.165) is 121 Å². The fourth-order valence-electron chi connectivity index (χ4n) is 10.4. The standard InChI is InChI=1S/C69H134O17P2/c1-7-11-13-15-32-41-47-53-68(73)85-64(57-79-66(71)51-45-37-14-12-8-2)59-83-87(75,76)81-55-63(70)56-82-88(77,78)84-60-65(86-69(74)54-48-42-36-31-27-23-19-17-21-25-29-34-39-44-50-62(6)10-4)58-80-67(72)52-46-40-35-30-26-22-18-16-20-24-28-33-38-43-49-61(5)9-3/h61-65,70H,7-60H2,1-6H3,(H,75,76)(H,77,78)/t61?,62?,63-,64+,65+/m0/s1. The summed E-state index contributed by atoms with van der Waals surface area (Å²) < 4.78 is 67.9. The van der Waals surface area contributed by atoms with Crippen molar-refractivity contribution in [3.05, 3.63) is 0 Å². The molecular formula is C69H134O17P2. The SMILES string of the molecule is CCCCCCCCCC(=O)O[C@H](COC(=O)CCCCCCC)COP(=O)(O)OC[C@H](O)COP(=O)(O)OC[C@@H](COC(=O)CCCCCCCCCCCCCCCCC(C)CC)OC(=O)CCCCCCCCCCCCCCCCC(C)CC.